The third kappa shape index (κ3) is 4.61. The molecule has 2 N–H and O–H groups in total. The van der Waals surface area contributed by atoms with Crippen LogP contribution in [0, 0.1) is 5.92 Å². The van der Waals surface area contributed by atoms with Gasteiger partial charge in [0.2, 0.25) is 0 Å². The third-order valence-corrected chi connectivity index (χ3v) is 3.02. The fourth-order valence-electron chi connectivity index (χ4n) is 1.27. The number of carbonyl (C=O) groups excluding carboxylic acids is 1. The molecule has 1 rings (SSSR count). The fraction of sp³-hybridized carbons (Fsp3) is 0.455. The number of hydrogen-bond acceptors (Lipinski definition) is 3. The molecule has 1 heterocycles. The van der Waals surface area contributed by atoms with Gasteiger partial charge >= 0.3 is 0 Å². The zero-order chi connectivity index (χ0) is 12.8. The number of carbonyl (C=O) groups is 1. The van der Waals surface area contributed by atoms with Gasteiger partial charge in [0, 0.05) is 23.8 Å². The molecular weight excluding hydrogens is 307 g/mol. The van der Waals surface area contributed by atoms with Crippen LogP contribution >= 0.6 is 27.5 Å². The molecule has 0 aliphatic heterocycles. The van der Waals surface area contributed by atoms with Crippen LogP contribution in [0.15, 0.2) is 16.7 Å². The molecule has 0 radical (unpaired) electrons. The summed E-state index contributed by atoms with van der Waals surface area (Å²) in [7, 11) is 0. The van der Waals surface area contributed by atoms with Gasteiger partial charge in [0.05, 0.1) is 5.56 Å². The zero-order valence-electron chi connectivity index (χ0n) is 9.41. The summed E-state index contributed by atoms with van der Waals surface area (Å²) in [5.74, 6) is -0.0311. The third-order valence-electron chi connectivity index (χ3n) is 2.28. The van der Waals surface area contributed by atoms with Gasteiger partial charge in [-0.3, -0.25) is 4.79 Å². The van der Waals surface area contributed by atoms with Crippen LogP contribution in [-0.4, -0.2) is 29.1 Å². The summed E-state index contributed by atoms with van der Waals surface area (Å²) in [5.41, 5.74) is 0.345. The van der Waals surface area contributed by atoms with E-state index in [0.29, 0.717) is 23.0 Å². The second kappa shape index (κ2) is 6.93. The maximum Gasteiger partial charge on any atom is 0.254 e. The Bertz CT molecular complexity index is 401. The maximum atomic E-state index is 11.8. The highest BCUT2D eigenvalue weighted by molar-refractivity contribution is 9.10. The van der Waals surface area contributed by atoms with Crippen molar-refractivity contribution >= 4 is 33.4 Å². The summed E-state index contributed by atoms with van der Waals surface area (Å²) >= 11 is 9.07. The Kier molecular flexibility index (Phi) is 5.88. The number of nitrogens with zero attached hydrogens (tertiary/aromatic N) is 1. The molecule has 0 aliphatic rings. The van der Waals surface area contributed by atoms with Crippen LogP contribution in [-0.2, 0) is 0 Å². The van der Waals surface area contributed by atoms with Crippen LogP contribution < -0.4 is 5.32 Å². The quantitative estimate of drug-likeness (QED) is 0.818. The van der Waals surface area contributed by atoms with E-state index in [1.54, 1.807) is 6.07 Å². The lowest BCUT2D eigenvalue weighted by molar-refractivity contribution is 0.0945. The highest BCUT2D eigenvalue weighted by Gasteiger charge is 2.12. The topological polar surface area (TPSA) is 62.2 Å². The number of pyridine rings is 1. The first kappa shape index (κ1) is 14.4. The van der Waals surface area contributed by atoms with E-state index in [4.69, 9.17) is 16.7 Å². The Morgan fingerprint density at radius 3 is 3.06 bits per heavy atom. The number of halogens is 2. The number of hydrogen-bond donors (Lipinski definition) is 2. The zero-order valence-corrected chi connectivity index (χ0v) is 11.8. The molecule has 1 aromatic heterocycles. The van der Waals surface area contributed by atoms with Crippen molar-refractivity contribution < 1.29 is 9.90 Å². The standard InChI is InChI=1S/C11H14BrClN2O2/c1-7(2-3-16)5-15-11(17)9-4-8(12)6-14-10(9)13/h4,6-7,16H,2-3,5H2,1H3,(H,15,17). The number of aromatic nitrogens is 1. The number of nitrogens with one attached hydrogen (secondary N) is 1. The van der Waals surface area contributed by atoms with E-state index in [0.717, 1.165) is 0 Å². The Labute approximate surface area is 114 Å². The van der Waals surface area contributed by atoms with E-state index in [9.17, 15) is 4.79 Å². The second-order valence-electron chi connectivity index (χ2n) is 3.82. The van der Waals surface area contributed by atoms with Crippen molar-refractivity contribution in [3.05, 3.63) is 27.5 Å². The molecule has 0 spiro atoms. The number of amides is 1. The van der Waals surface area contributed by atoms with Crippen LogP contribution in [0.3, 0.4) is 0 Å². The van der Waals surface area contributed by atoms with E-state index in [-0.39, 0.29) is 23.6 Å². The van der Waals surface area contributed by atoms with Crippen molar-refractivity contribution in [2.45, 2.75) is 13.3 Å². The van der Waals surface area contributed by atoms with Crippen molar-refractivity contribution in [2.75, 3.05) is 13.2 Å². The molecule has 1 atom stereocenters. The summed E-state index contributed by atoms with van der Waals surface area (Å²) < 4.78 is 0.704. The highest BCUT2D eigenvalue weighted by Crippen LogP contribution is 2.17. The second-order valence-corrected chi connectivity index (χ2v) is 5.09. The minimum absolute atomic E-state index is 0.121. The van der Waals surface area contributed by atoms with Gasteiger partial charge in [-0.2, -0.15) is 0 Å². The smallest absolute Gasteiger partial charge is 0.254 e. The van der Waals surface area contributed by atoms with Crippen LogP contribution in [0.2, 0.25) is 5.15 Å². The Morgan fingerprint density at radius 1 is 1.71 bits per heavy atom. The van der Waals surface area contributed by atoms with Crippen LogP contribution in [0.1, 0.15) is 23.7 Å². The summed E-state index contributed by atoms with van der Waals surface area (Å²) in [6, 6.07) is 1.63. The molecule has 0 bridgehead atoms. The summed E-state index contributed by atoms with van der Waals surface area (Å²) in [6.07, 6.45) is 2.19. The Hall–Kier alpha value is -0.650. The molecule has 0 fully saturated rings. The first-order chi connectivity index (χ1) is 8.04. The monoisotopic (exact) mass is 320 g/mol. The van der Waals surface area contributed by atoms with Gasteiger partial charge < -0.3 is 10.4 Å². The first-order valence-electron chi connectivity index (χ1n) is 5.24. The summed E-state index contributed by atoms with van der Waals surface area (Å²) in [6.45, 7) is 2.58. The van der Waals surface area contributed by atoms with Crippen molar-refractivity contribution in [3.63, 3.8) is 0 Å². The first-order valence-corrected chi connectivity index (χ1v) is 6.41. The van der Waals surface area contributed by atoms with Crippen molar-refractivity contribution in [1.29, 1.82) is 0 Å². The molecular formula is C11H14BrClN2O2. The van der Waals surface area contributed by atoms with Gasteiger partial charge in [-0.05, 0) is 34.3 Å². The minimum atomic E-state index is -0.256. The average Bonchev–Trinajstić information content (AvgIpc) is 2.29. The molecule has 94 valence electrons. The Balaban J connectivity index is 2.61. The summed E-state index contributed by atoms with van der Waals surface area (Å²) in [5, 5.41) is 11.7. The van der Waals surface area contributed by atoms with Gasteiger partial charge in [0.15, 0.2) is 0 Å². The van der Waals surface area contributed by atoms with E-state index in [1.807, 2.05) is 6.92 Å². The summed E-state index contributed by atoms with van der Waals surface area (Å²) in [4.78, 5) is 15.7. The molecule has 1 aromatic rings. The number of aliphatic hydroxyl groups excluding tert-OH is 1. The number of rotatable bonds is 5. The van der Waals surface area contributed by atoms with E-state index in [1.165, 1.54) is 6.20 Å². The van der Waals surface area contributed by atoms with E-state index >= 15 is 0 Å². The molecule has 1 amide bonds. The molecule has 0 aliphatic carbocycles. The lowest BCUT2D eigenvalue weighted by Crippen LogP contribution is -2.29. The van der Waals surface area contributed by atoms with Crippen LogP contribution in [0.5, 0.6) is 0 Å². The molecule has 4 nitrogen and oxygen atoms in total. The SMILES string of the molecule is CC(CCO)CNC(=O)c1cc(Br)cnc1Cl. The normalized spacial score (nSPS) is 12.2. The molecule has 0 saturated carbocycles. The van der Waals surface area contributed by atoms with Crippen molar-refractivity contribution in [2.24, 2.45) is 5.92 Å². The highest BCUT2D eigenvalue weighted by atomic mass is 79.9. The van der Waals surface area contributed by atoms with Gasteiger partial charge in [-0.1, -0.05) is 18.5 Å². The van der Waals surface area contributed by atoms with Gasteiger partial charge in [0.1, 0.15) is 5.15 Å². The molecule has 0 aromatic carbocycles. The van der Waals surface area contributed by atoms with E-state index < -0.39 is 0 Å². The Morgan fingerprint density at radius 2 is 2.41 bits per heavy atom. The molecule has 6 heteroatoms. The van der Waals surface area contributed by atoms with Gasteiger partial charge in [-0.15, -0.1) is 0 Å². The average molecular weight is 322 g/mol. The lowest BCUT2D eigenvalue weighted by atomic mass is 10.1. The number of aliphatic hydroxyl groups is 1. The lowest BCUT2D eigenvalue weighted by Gasteiger charge is -2.11. The minimum Gasteiger partial charge on any atom is -0.396 e. The molecule has 17 heavy (non-hydrogen) atoms. The van der Waals surface area contributed by atoms with Gasteiger partial charge in [-0.25, -0.2) is 4.98 Å². The predicted octanol–water partition coefficient (Wildman–Crippen LogP) is 2.25. The maximum absolute atomic E-state index is 11.8. The largest absolute Gasteiger partial charge is 0.396 e. The van der Waals surface area contributed by atoms with E-state index in [2.05, 4.69) is 26.2 Å². The fourth-order valence-corrected chi connectivity index (χ4v) is 1.79. The predicted molar refractivity (Wildman–Crippen MR) is 70.1 cm³/mol. The van der Waals surface area contributed by atoms with Crippen LogP contribution in [0.25, 0.3) is 0 Å². The van der Waals surface area contributed by atoms with Crippen LogP contribution in [0.4, 0.5) is 0 Å². The van der Waals surface area contributed by atoms with Crippen molar-refractivity contribution in [1.82, 2.24) is 10.3 Å². The van der Waals surface area contributed by atoms with Crippen molar-refractivity contribution in [3.8, 4) is 0 Å². The van der Waals surface area contributed by atoms with Gasteiger partial charge in [0.25, 0.3) is 5.91 Å². The molecule has 1 unspecified atom stereocenters. The molecule has 0 saturated heterocycles.